The maximum Gasteiger partial charge on any atom is 0.401 e. The van der Waals surface area contributed by atoms with E-state index >= 15 is 0 Å². The minimum atomic E-state index is -4.63. The van der Waals surface area contributed by atoms with Gasteiger partial charge in [-0.05, 0) is 22.8 Å². The fourth-order valence-corrected chi connectivity index (χ4v) is 2.00. The lowest BCUT2D eigenvalue weighted by Gasteiger charge is -2.22. The number of alkyl halides is 3. The highest BCUT2D eigenvalue weighted by Crippen LogP contribution is 2.28. The van der Waals surface area contributed by atoms with E-state index in [0.29, 0.717) is 6.42 Å². The number of H-pyrrole nitrogens is 1. The van der Waals surface area contributed by atoms with Gasteiger partial charge in [0, 0.05) is 5.75 Å². The predicted molar refractivity (Wildman–Crippen MR) is 67.9 cm³/mol. The molecule has 20 heavy (non-hydrogen) atoms. The molecule has 0 saturated heterocycles. The average Bonchev–Trinajstić information content (AvgIpc) is 2.79. The van der Waals surface area contributed by atoms with Crippen molar-refractivity contribution in [2.24, 2.45) is 11.8 Å². The van der Waals surface area contributed by atoms with Crippen LogP contribution in [0.15, 0.2) is 0 Å². The summed E-state index contributed by atoms with van der Waals surface area (Å²) in [4.78, 5) is 11.7. The minimum absolute atomic E-state index is 0.144. The number of rotatable bonds is 6. The van der Waals surface area contributed by atoms with E-state index in [4.69, 9.17) is 0 Å². The van der Waals surface area contributed by atoms with E-state index in [9.17, 15) is 18.0 Å². The number of amides is 1. The highest BCUT2D eigenvalue weighted by molar-refractivity contribution is 7.80. The number of tetrazole rings is 1. The summed E-state index contributed by atoms with van der Waals surface area (Å²) in [5, 5.41) is 15.1. The Bertz CT molecular complexity index is 423. The number of aromatic nitrogens is 4. The molecule has 0 unspecified atom stereocenters. The van der Waals surface area contributed by atoms with E-state index in [-0.39, 0.29) is 11.7 Å². The van der Waals surface area contributed by atoms with Crippen LogP contribution in [0.4, 0.5) is 13.2 Å². The monoisotopic (exact) mass is 311 g/mol. The van der Waals surface area contributed by atoms with Gasteiger partial charge in [0.25, 0.3) is 0 Å². The number of carbonyl (C=O) groups is 1. The molecule has 0 aliphatic rings. The van der Waals surface area contributed by atoms with Crippen LogP contribution >= 0.6 is 12.6 Å². The number of thiol groups is 1. The van der Waals surface area contributed by atoms with Gasteiger partial charge in [-0.3, -0.25) is 4.79 Å². The Morgan fingerprint density at radius 3 is 2.50 bits per heavy atom. The van der Waals surface area contributed by atoms with Gasteiger partial charge in [0.15, 0.2) is 5.82 Å². The Labute approximate surface area is 119 Å². The molecule has 0 aliphatic heterocycles. The molecule has 1 aromatic rings. The van der Waals surface area contributed by atoms with Crippen molar-refractivity contribution in [3.63, 3.8) is 0 Å². The molecule has 1 rings (SSSR count). The number of halogens is 3. The van der Waals surface area contributed by atoms with Crippen LogP contribution in [0.1, 0.15) is 32.1 Å². The highest BCUT2D eigenvalue weighted by Gasteiger charge is 2.44. The van der Waals surface area contributed by atoms with Crippen molar-refractivity contribution in [3.05, 3.63) is 5.82 Å². The van der Waals surface area contributed by atoms with E-state index in [1.807, 2.05) is 13.8 Å². The number of aromatic amines is 1. The summed E-state index contributed by atoms with van der Waals surface area (Å²) < 4.78 is 38.0. The van der Waals surface area contributed by atoms with Crippen LogP contribution in [0.5, 0.6) is 0 Å². The molecule has 2 N–H and O–H groups in total. The second-order valence-electron chi connectivity index (χ2n) is 4.75. The van der Waals surface area contributed by atoms with Gasteiger partial charge in [0.2, 0.25) is 5.91 Å². The number of nitrogens with zero attached hydrogens (tertiary/aromatic N) is 3. The van der Waals surface area contributed by atoms with E-state index < -0.39 is 29.8 Å². The molecule has 0 spiro atoms. The topological polar surface area (TPSA) is 83.6 Å². The minimum Gasteiger partial charge on any atom is -0.345 e. The zero-order valence-electron chi connectivity index (χ0n) is 11.0. The summed E-state index contributed by atoms with van der Waals surface area (Å²) in [6.45, 7) is 3.76. The lowest BCUT2D eigenvalue weighted by Crippen LogP contribution is -2.42. The van der Waals surface area contributed by atoms with Crippen molar-refractivity contribution in [1.82, 2.24) is 25.9 Å². The summed E-state index contributed by atoms with van der Waals surface area (Å²) in [7, 11) is 0. The first-order chi connectivity index (χ1) is 9.25. The standard InChI is InChI=1S/C10H16F3N5OS/c1-5(2)3-7(8-15-17-18-16-8)14-9(19)6(4-20)10(11,12)13/h5-7,20H,3-4H2,1-2H3,(H,14,19)(H,15,16,17,18)/t6-,7+/m1/s1. The lowest BCUT2D eigenvalue weighted by molar-refractivity contribution is -0.178. The quantitative estimate of drug-likeness (QED) is 0.695. The van der Waals surface area contributed by atoms with Gasteiger partial charge in [-0.1, -0.05) is 13.8 Å². The summed E-state index contributed by atoms with van der Waals surface area (Å²) in [6.07, 6.45) is -4.21. The lowest BCUT2D eigenvalue weighted by atomic mass is 10.0. The maximum atomic E-state index is 12.7. The van der Waals surface area contributed by atoms with Crippen molar-refractivity contribution in [3.8, 4) is 0 Å². The molecule has 1 heterocycles. The average molecular weight is 311 g/mol. The molecule has 6 nitrogen and oxygen atoms in total. The molecule has 114 valence electrons. The Hall–Kier alpha value is -1.32. The SMILES string of the molecule is CC(C)C[C@H](NC(=O)[C@@H](CS)C(F)(F)F)c1nnn[nH]1. The highest BCUT2D eigenvalue weighted by atomic mass is 32.1. The van der Waals surface area contributed by atoms with Gasteiger partial charge in [-0.15, -0.1) is 5.10 Å². The molecule has 0 aliphatic carbocycles. The van der Waals surface area contributed by atoms with Crippen molar-refractivity contribution in [2.45, 2.75) is 32.5 Å². The first kappa shape index (κ1) is 16.7. The van der Waals surface area contributed by atoms with Crippen molar-refractivity contribution < 1.29 is 18.0 Å². The van der Waals surface area contributed by atoms with Crippen LogP contribution in [-0.2, 0) is 4.79 Å². The number of nitrogens with one attached hydrogen (secondary N) is 2. The van der Waals surface area contributed by atoms with Crippen molar-refractivity contribution >= 4 is 18.5 Å². The van der Waals surface area contributed by atoms with E-state index in [1.54, 1.807) is 0 Å². The zero-order chi connectivity index (χ0) is 15.3. The normalized spacial score (nSPS) is 15.2. The molecular weight excluding hydrogens is 295 g/mol. The second kappa shape index (κ2) is 6.91. The third-order valence-electron chi connectivity index (χ3n) is 2.61. The molecule has 0 saturated carbocycles. The first-order valence-corrected chi connectivity index (χ1v) is 6.60. The third-order valence-corrected chi connectivity index (χ3v) is 2.97. The zero-order valence-corrected chi connectivity index (χ0v) is 11.9. The van der Waals surface area contributed by atoms with Gasteiger partial charge in [0.05, 0.1) is 6.04 Å². The summed E-state index contributed by atoms with van der Waals surface area (Å²) >= 11 is 3.59. The van der Waals surface area contributed by atoms with Gasteiger partial charge < -0.3 is 5.32 Å². The number of hydrogen-bond acceptors (Lipinski definition) is 5. The van der Waals surface area contributed by atoms with Crippen LogP contribution in [0, 0.1) is 11.8 Å². The van der Waals surface area contributed by atoms with Crippen molar-refractivity contribution in [1.29, 1.82) is 0 Å². The Balaban J connectivity index is 2.82. The van der Waals surface area contributed by atoms with Gasteiger partial charge >= 0.3 is 6.18 Å². The van der Waals surface area contributed by atoms with Crippen LogP contribution in [0.3, 0.4) is 0 Å². The van der Waals surface area contributed by atoms with E-state index in [0.717, 1.165) is 0 Å². The van der Waals surface area contributed by atoms with Gasteiger partial charge in [-0.25, -0.2) is 5.10 Å². The largest absolute Gasteiger partial charge is 0.401 e. The van der Waals surface area contributed by atoms with E-state index in [1.165, 1.54) is 0 Å². The molecule has 0 radical (unpaired) electrons. The van der Waals surface area contributed by atoms with Gasteiger partial charge in [0.1, 0.15) is 5.92 Å². The molecule has 1 aromatic heterocycles. The summed E-state index contributed by atoms with van der Waals surface area (Å²) in [5.41, 5.74) is 0. The Morgan fingerprint density at radius 1 is 1.45 bits per heavy atom. The van der Waals surface area contributed by atoms with Gasteiger partial charge in [-0.2, -0.15) is 25.8 Å². The van der Waals surface area contributed by atoms with Crippen LogP contribution < -0.4 is 5.32 Å². The van der Waals surface area contributed by atoms with Crippen molar-refractivity contribution in [2.75, 3.05) is 5.75 Å². The summed E-state index contributed by atoms with van der Waals surface area (Å²) in [6, 6.07) is -0.692. The molecule has 2 atom stereocenters. The fourth-order valence-electron chi connectivity index (χ4n) is 1.63. The molecule has 0 aromatic carbocycles. The molecule has 0 fully saturated rings. The smallest absolute Gasteiger partial charge is 0.345 e. The Morgan fingerprint density at radius 2 is 2.10 bits per heavy atom. The Kier molecular flexibility index (Phi) is 5.78. The van der Waals surface area contributed by atoms with Crippen LogP contribution in [0.25, 0.3) is 0 Å². The fraction of sp³-hybridized carbons (Fsp3) is 0.800. The molecule has 10 heteroatoms. The number of hydrogen-bond donors (Lipinski definition) is 3. The third kappa shape index (κ3) is 4.66. The second-order valence-corrected chi connectivity index (χ2v) is 5.12. The predicted octanol–water partition coefficient (Wildman–Crippen LogP) is 1.51. The van der Waals surface area contributed by atoms with E-state index in [2.05, 4.69) is 38.6 Å². The molecule has 0 bridgehead atoms. The van der Waals surface area contributed by atoms with Crippen LogP contribution in [-0.4, -0.2) is 38.5 Å². The molecular formula is C10H16F3N5OS. The number of carbonyl (C=O) groups excluding carboxylic acids is 1. The maximum absolute atomic E-state index is 12.7. The van der Waals surface area contributed by atoms with Crippen LogP contribution in [0.2, 0.25) is 0 Å². The first-order valence-electron chi connectivity index (χ1n) is 5.97. The molecule has 1 amide bonds. The summed E-state index contributed by atoms with van der Waals surface area (Å²) in [5.74, 6) is -3.53.